The minimum absolute atomic E-state index is 0.0373. The van der Waals surface area contributed by atoms with Crippen LogP contribution in [-0.4, -0.2) is 14.5 Å². The van der Waals surface area contributed by atoms with E-state index in [2.05, 4.69) is 49.9 Å². The van der Waals surface area contributed by atoms with Crippen molar-refractivity contribution in [3.63, 3.8) is 0 Å². The monoisotopic (exact) mass is 486 g/mol. The molecule has 0 radical (unpaired) electrons. The molecule has 182 valence electrons. The highest BCUT2D eigenvalue weighted by Gasteiger charge is 2.34. The van der Waals surface area contributed by atoms with E-state index in [1.807, 2.05) is 67.6 Å². The Bertz CT molecular complexity index is 1320. The van der Waals surface area contributed by atoms with Gasteiger partial charge in [0, 0.05) is 0 Å². The van der Waals surface area contributed by atoms with Crippen molar-refractivity contribution >= 4 is 10.0 Å². The van der Waals surface area contributed by atoms with Crippen LogP contribution in [0.25, 0.3) is 0 Å². The van der Waals surface area contributed by atoms with Gasteiger partial charge in [-0.2, -0.15) is 0 Å². The van der Waals surface area contributed by atoms with E-state index in [1.165, 1.54) is 22.3 Å². The van der Waals surface area contributed by atoms with Crippen molar-refractivity contribution in [3.8, 4) is 0 Å². The minimum Gasteiger partial charge on any atom is -0.298 e. The van der Waals surface area contributed by atoms with Crippen LogP contribution in [-0.2, 0) is 10.0 Å². The Balaban J connectivity index is 1.81. The smallest absolute Gasteiger partial charge is 0.241 e. The molecule has 0 unspecified atom stereocenters. The van der Waals surface area contributed by atoms with Crippen molar-refractivity contribution < 1.29 is 8.42 Å². The normalized spacial score (nSPS) is 16.6. The number of aryl methyl sites for hydroxylation is 1. The largest absolute Gasteiger partial charge is 0.298 e. The second-order valence-corrected chi connectivity index (χ2v) is 11.1. The molecule has 2 atom stereocenters. The molecule has 3 aromatic rings. The van der Waals surface area contributed by atoms with Gasteiger partial charge < -0.3 is 0 Å². The quantitative estimate of drug-likeness (QED) is 0.387. The molecule has 1 aliphatic carbocycles. The first-order chi connectivity index (χ1) is 16.7. The van der Waals surface area contributed by atoms with Gasteiger partial charge in [0.2, 0.25) is 10.0 Å². The third-order valence-electron chi connectivity index (χ3n) is 7.22. The average molecular weight is 487 g/mol. The Morgan fingerprint density at radius 2 is 1.09 bits per heavy atom. The number of hydrogen-bond donors (Lipinski definition) is 2. The van der Waals surface area contributed by atoms with E-state index in [1.54, 1.807) is 12.1 Å². The molecule has 0 fully saturated rings. The summed E-state index contributed by atoms with van der Waals surface area (Å²) in [6.45, 7) is 10.6. The van der Waals surface area contributed by atoms with Crippen LogP contribution < -0.4 is 10.0 Å². The lowest BCUT2D eigenvalue weighted by Gasteiger charge is -2.33. The molecule has 0 aliphatic heterocycles. The van der Waals surface area contributed by atoms with Crippen LogP contribution >= 0.6 is 0 Å². The Hall–Kier alpha value is -2.99. The molecule has 4 nitrogen and oxygen atoms in total. The molecule has 0 saturated heterocycles. The Morgan fingerprint density at radius 3 is 1.57 bits per heavy atom. The Kier molecular flexibility index (Phi) is 7.41. The second kappa shape index (κ2) is 10.3. The first-order valence-electron chi connectivity index (χ1n) is 12.0. The third kappa shape index (κ3) is 5.32. The number of benzene rings is 3. The Morgan fingerprint density at radius 1 is 0.629 bits per heavy atom. The van der Waals surface area contributed by atoms with Gasteiger partial charge in [-0.1, -0.05) is 78.4 Å². The molecule has 0 saturated carbocycles. The van der Waals surface area contributed by atoms with Crippen molar-refractivity contribution in [2.45, 2.75) is 57.6 Å². The van der Waals surface area contributed by atoms with Crippen molar-refractivity contribution in [1.82, 2.24) is 10.0 Å². The molecule has 0 spiro atoms. The molecule has 0 heterocycles. The van der Waals surface area contributed by atoms with E-state index in [4.69, 9.17) is 0 Å². The Labute approximate surface area is 209 Å². The molecule has 4 rings (SSSR count). The zero-order valence-corrected chi connectivity index (χ0v) is 21.9. The number of hydrogen-bond acceptors (Lipinski definition) is 3. The molecule has 0 bridgehead atoms. The fourth-order valence-electron chi connectivity index (χ4n) is 4.77. The van der Waals surface area contributed by atoms with Crippen LogP contribution in [0.5, 0.6) is 0 Å². The van der Waals surface area contributed by atoms with Crippen molar-refractivity contribution in [2.75, 3.05) is 0 Å². The lowest BCUT2D eigenvalue weighted by atomic mass is 9.92. The zero-order valence-electron chi connectivity index (χ0n) is 21.0. The molecule has 1 aliphatic rings. The number of rotatable bonds is 8. The summed E-state index contributed by atoms with van der Waals surface area (Å²) in [6, 6.07) is 26.1. The molecule has 2 N–H and O–H groups in total. The average Bonchev–Trinajstić information content (AvgIpc) is 3.05. The molecular weight excluding hydrogens is 452 g/mol. The maximum absolute atomic E-state index is 13.6. The second-order valence-electron chi connectivity index (χ2n) is 9.43. The highest BCUT2D eigenvalue weighted by molar-refractivity contribution is 7.89. The highest BCUT2D eigenvalue weighted by Crippen LogP contribution is 2.37. The SMILES string of the molecule is CC1=C(C)C(N[C@@H](c2ccccc2)[C@@H](NS(=O)(=O)c2ccc(C)cc2)c2ccccc2)C(C)=C1C. The molecule has 3 aromatic carbocycles. The fraction of sp³-hybridized carbons (Fsp3) is 0.267. The number of allylic oxidation sites excluding steroid dienone is 2. The van der Waals surface area contributed by atoms with E-state index in [-0.39, 0.29) is 17.0 Å². The number of sulfonamides is 1. The van der Waals surface area contributed by atoms with Crippen LogP contribution in [0.3, 0.4) is 0 Å². The molecule has 35 heavy (non-hydrogen) atoms. The summed E-state index contributed by atoms with van der Waals surface area (Å²) in [5.41, 5.74) is 8.08. The summed E-state index contributed by atoms with van der Waals surface area (Å²) < 4.78 is 30.2. The van der Waals surface area contributed by atoms with Crippen LogP contribution in [0.1, 0.15) is 56.5 Å². The van der Waals surface area contributed by atoms with E-state index in [0.717, 1.165) is 16.7 Å². The summed E-state index contributed by atoms with van der Waals surface area (Å²) in [7, 11) is -3.77. The summed E-state index contributed by atoms with van der Waals surface area (Å²) in [4.78, 5) is 0.260. The third-order valence-corrected chi connectivity index (χ3v) is 8.68. The van der Waals surface area contributed by atoms with Gasteiger partial charge in [0.25, 0.3) is 0 Å². The topological polar surface area (TPSA) is 58.2 Å². The highest BCUT2D eigenvalue weighted by atomic mass is 32.2. The van der Waals surface area contributed by atoms with Crippen LogP contribution in [0.2, 0.25) is 0 Å². The number of nitrogens with one attached hydrogen (secondary N) is 2. The first kappa shape index (κ1) is 25.1. The fourth-order valence-corrected chi connectivity index (χ4v) is 6.00. The maximum Gasteiger partial charge on any atom is 0.241 e. The summed E-state index contributed by atoms with van der Waals surface area (Å²) in [5, 5.41) is 3.83. The lowest BCUT2D eigenvalue weighted by molar-refractivity contribution is 0.408. The van der Waals surface area contributed by atoms with Crippen molar-refractivity contribution in [1.29, 1.82) is 0 Å². The van der Waals surface area contributed by atoms with E-state index in [9.17, 15) is 8.42 Å². The van der Waals surface area contributed by atoms with Gasteiger partial charge in [-0.05, 0) is 80.2 Å². The summed E-state index contributed by atoms with van der Waals surface area (Å²) in [5.74, 6) is 0. The van der Waals surface area contributed by atoms with Gasteiger partial charge in [-0.25, -0.2) is 13.1 Å². The molecule has 5 heteroatoms. The zero-order chi connectivity index (χ0) is 25.2. The van der Waals surface area contributed by atoms with Gasteiger partial charge in [0.05, 0.1) is 23.0 Å². The standard InChI is InChI=1S/C30H34N2O2S/c1-20-16-18-27(19-17-20)35(33,34)32-30(26-14-10-7-11-15-26)29(25-12-8-6-9-13-25)31-28-23(4)21(2)22(3)24(28)5/h6-19,28-32H,1-5H3/t29-,30-/m0/s1. The van der Waals surface area contributed by atoms with Crippen LogP contribution in [0, 0.1) is 6.92 Å². The van der Waals surface area contributed by atoms with E-state index >= 15 is 0 Å². The maximum atomic E-state index is 13.6. The van der Waals surface area contributed by atoms with Crippen LogP contribution in [0.4, 0.5) is 0 Å². The van der Waals surface area contributed by atoms with E-state index in [0.29, 0.717) is 0 Å². The molecule has 0 aromatic heterocycles. The van der Waals surface area contributed by atoms with E-state index < -0.39 is 16.1 Å². The minimum atomic E-state index is -3.77. The summed E-state index contributed by atoms with van der Waals surface area (Å²) in [6.07, 6.45) is 0. The molecule has 0 amide bonds. The molecular formula is C30H34N2O2S. The van der Waals surface area contributed by atoms with Gasteiger partial charge in [-0.3, -0.25) is 5.32 Å². The van der Waals surface area contributed by atoms with Crippen molar-refractivity contribution in [2.24, 2.45) is 0 Å². The van der Waals surface area contributed by atoms with Gasteiger partial charge >= 0.3 is 0 Å². The van der Waals surface area contributed by atoms with Crippen LogP contribution in [0.15, 0.2) is 112 Å². The predicted molar refractivity (Wildman–Crippen MR) is 144 cm³/mol. The van der Waals surface area contributed by atoms with Gasteiger partial charge in [0.1, 0.15) is 0 Å². The lowest BCUT2D eigenvalue weighted by Crippen LogP contribution is -2.42. The first-order valence-corrected chi connectivity index (χ1v) is 13.5. The van der Waals surface area contributed by atoms with Gasteiger partial charge in [0.15, 0.2) is 0 Å². The van der Waals surface area contributed by atoms with Crippen molar-refractivity contribution in [3.05, 3.63) is 124 Å². The predicted octanol–water partition coefficient (Wildman–Crippen LogP) is 6.40. The van der Waals surface area contributed by atoms with Gasteiger partial charge in [-0.15, -0.1) is 0 Å². The summed E-state index contributed by atoms with van der Waals surface area (Å²) >= 11 is 0.